The van der Waals surface area contributed by atoms with E-state index in [2.05, 4.69) is 24.3 Å². The molecule has 3 rings (SSSR count). The molecule has 0 bridgehead atoms. The van der Waals surface area contributed by atoms with Gasteiger partial charge in [-0.3, -0.25) is 4.79 Å². The third-order valence-corrected chi connectivity index (χ3v) is 3.85. The Morgan fingerprint density at radius 2 is 1.83 bits per heavy atom. The highest BCUT2D eigenvalue weighted by molar-refractivity contribution is 5.97. The highest BCUT2D eigenvalue weighted by Crippen LogP contribution is 2.19. The molecule has 0 saturated carbocycles. The van der Waals surface area contributed by atoms with E-state index in [4.69, 9.17) is 0 Å². The molecular formula is C19H22N4O. The van der Waals surface area contributed by atoms with Crippen molar-refractivity contribution < 1.29 is 4.79 Å². The van der Waals surface area contributed by atoms with Crippen molar-refractivity contribution in [1.82, 2.24) is 19.7 Å². The first-order valence-electron chi connectivity index (χ1n) is 8.22. The number of rotatable bonds is 6. The molecule has 0 aliphatic rings. The minimum atomic E-state index is -0.0958. The normalized spacial score (nSPS) is 11.0. The van der Waals surface area contributed by atoms with Gasteiger partial charge in [-0.2, -0.15) is 5.10 Å². The average molecular weight is 322 g/mol. The van der Waals surface area contributed by atoms with E-state index >= 15 is 0 Å². The van der Waals surface area contributed by atoms with Gasteiger partial charge in [-0.1, -0.05) is 32.0 Å². The van der Waals surface area contributed by atoms with Crippen LogP contribution in [0.2, 0.25) is 0 Å². The first-order chi connectivity index (χ1) is 11.7. The zero-order valence-electron chi connectivity index (χ0n) is 14.0. The van der Waals surface area contributed by atoms with Crippen LogP contribution in [-0.4, -0.2) is 26.8 Å². The topological polar surface area (TPSA) is 51.9 Å². The number of nitrogens with one attached hydrogen (secondary N) is 1. The lowest BCUT2D eigenvalue weighted by atomic mass is 10.1. The second-order valence-electron chi connectivity index (χ2n) is 6.16. The summed E-state index contributed by atoms with van der Waals surface area (Å²) in [6.07, 6.45) is 6.42. The monoisotopic (exact) mass is 322 g/mol. The van der Waals surface area contributed by atoms with Gasteiger partial charge < -0.3 is 9.88 Å². The molecule has 0 radical (unpaired) electrons. The maximum atomic E-state index is 12.6. The molecule has 2 heterocycles. The van der Waals surface area contributed by atoms with Crippen LogP contribution in [0, 0.1) is 5.92 Å². The zero-order valence-corrected chi connectivity index (χ0v) is 14.0. The van der Waals surface area contributed by atoms with E-state index in [9.17, 15) is 4.79 Å². The lowest BCUT2D eigenvalue weighted by Crippen LogP contribution is -2.26. The maximum absolute atomic E-state index is 12.6. The van der Waals surface area contributed by atoms with Crippen molar-refractivity contribution >= 4 is 5.91 Å². The van der Waals surface area contributed by atoms with E-state index in [1.54, 1.807) is 10.9 Å². The number of hydrogen-bond acceptors (Lipinski definition) is 2. The number of hydrogen-bond donors (Lipinski definition) is 1. The third kappa shape index (κ3) is 3.40. The Morgan fingerprint density at radius 3 is 2.50 bits per heavy atom. The average Bonchev–Trinajstić information content (AvgIpc) is 3.24. The van der Waals surface area contributed by atoms with Gasteiger partial charge in [0.1, 0.15) is 5.56 Å². The minimum Gasteiger partial charge on any atom is -0.352 e. The Kier molecular flexibility index (Phi) is 4.79. The highest BCUT2D eigenvalue weighted by atomic mass is 16.1. The number of amides is 1. The molecule has 5 nitrogen and oxygen atoms in total. The van der Waals surface area contributed by atoms with Gasteiger partial charge >= 0.3 is 0 Å². The number of para-hydroxylation sites is 1. The number of carbonyl (C=O) groups is 1. The van der Waals surface area contributed by atoms with Crippen LogP contribution in [-0.2, 0) is 0 Å². The fourth-order valence-corrected chi connectivity index (χ4v) is 2.55. The van der Waals surface area contributed by atoms with Crippen LogP contribution >= 0.6 is 0 Å². The van der Waals surface area contributed by atoms with Crippen molar-refractivity contribution in [3.05, 3.63) is 66.6 Å². The molecule has 0 fully saturated rings. The Hall–Kier alpha value is -2.82. The first-order valence-corrected chi connectivity index (χ1v) is 8.22. The Balaban J connectivity index is 1.95. The summed E-state index contributed by atoms with van der Waals surface area (Å²) < 4.78 is 3.70. The van der Waals surface area contributed by atoms with Crippen LogP contribution in [0.15, 0.2) is 61.1 Å². The van der Waals surface area contributed by atoms with Gasteiger partial charge in [0, 0.05) is 18.9 Å². The van der Waals surface area contributed by atoms with E-state index in [1.807, 2.05) is 59.4 Å². The smallest absolute Gasteiger partial charge is 0.256 e. The molecule has 1 N–H and O–H groups in total. The van der Waals surface area contributed by atoms with Crippen LogP contribution in [0.1, 0.15) is 30.6 Å². The van der Waals surface area contributed by atoms with Crippen LogP contribution in [0.5, 0.6) is 0 Å². The van der Waals surface area contributed by atoms with Crippen molar-refractivity contribution in [1.29, 1.82) is 0 Å². The molecule has 0 aliphatic carbocycles. The predicted octanol–water partition coefficient (Wildman–Crippen LogP) is 3.44. The molecule has 24 heavy (non-hydrogen) atoms. The number of carbonyl (C=O) groups excluding carboxylic acids is 1. The Bertz CT molecular complexity index is 788. The molecule has 5 heteroatoms. The van der Waals surface area contributed by atoms with E-state index in [0.717, 1.165) is 17.9 Å². The van der Waals surface area contributed by atoms with Crippen molar-refractivity contribution in [2.45, 2.75) is 20.3 Å². The minimum absolute atomic E-state index is 0.0958. The van der Waals surface area contributed by atoms with Gasteiger partial charge in [-0.25, -0.2) is 4.68 Å². The quantitative estimate of drug-likeness (QED) is 0.756. The summed E-state index contributed by atoms with van der Waals surface area (Å²) in [4.78, 5) is 12.6. The highest BCUT2D eigenvalue weighted by Gasteiger charge is 2.19. The molecule has 0 saturated heterocycles. The number of aromatic nitrogens is 3. The van der Waals surface area contributed by atoms with E-state index in [0.29, 0.717) is 18.0 Å². The summed E-state index contributed by atoms with van der Waals surface area (Å²) in [6.45, 7) is 4.95. The zero-order chi connectivity index (χ0) is 16.9. The lowest BCUT2D eigenvalue weighted by molar-refractivity contribution is 0.0952. The summed E-state index contributed by atoms with van der Waals surface area (Å²) in [6, 6.07) is 13.7. The number of benzene rings is 1. The first kappa shape index (κ1) is 16.1. The fraction of sp³-hybridized carbons (Fsp3) is 0.263. The van der Waals surface area contributed by atoms with Gasteiger partial charge in [0.05, 0.1) is 11.9 Å². The van der Waals surface area contributed by atoms with Crippen molar-refractivity contribution in [2.75, 3.05) is 6.54 Å². The Labute approximate surface area is 141 Å². The van der Waals surface area contributed by atoms with E-state index < -0.39 is 0 Å². The number of nitrogens with zero attached hydrogens (tertiary/aromatic N) is 3. The molecule has 3 aromatic rings. The third-order valence-electron chi connectivity index (χ3n) is 3.85. The van der Waals surface area contributed by atoms with Gasteiger partial charge in [0.25, 0.3) is 5.91 Å². The second-order valence-corrected chi connectivity index (χ2v) is 6.16. The van der Waals surface area contributed by atoms with Gasteiger partial charge in [0.15, 0.2) is 5.82 Å². The maximum Gasteiger partial charge on any atom is 0.256 e. The van der Waals surface area contributed by atoms with Crippen LogP contribution in [0.25, 0.3) is 11.5 Å². The summed E-state index contributed by atoms with van der Waals surface area (Å²) in [5.41, 5.74) is 1.49. The molecule has 1 amide bonds. The summed E-state index contributed by atoms with van der Waals surface area (Å²) in [5.74, 6) is 1.20. The van der Waals surface area contributed by atoms with Crippen LogP contribution in [0.4, 0.5) is 0 Å². The molecule has 124 valence electrons. The van der Waals surface area contributed by atoms with E-state index in [-0.39, 0.29) is 5.91 Å². The standard InChI is InChI=1S/C19H22N4O/c1-15(2)10-11-20-18(24)17-14-21-23(16-8-4-3-5-9-16)19(17)22-12-6-7-13-22/h3-9,12-15H,10-11H2,1-2H3,(H,20,24). The van der Waals surface area contributed by atoms with Crippen molar-refractivity contribution in [3.8, 4) is 11.5 Å². The summed E-state index contributed by atoms with van der Waals surface area (Å²) >= 11 is 0. The van der Waals surface area contributed by atoms with Gasteiger partial charge in [-0.05, 0) is 36.6 Å². The molecule has 0 aliphatic heterocycles. The van der Waals surface area contributed by atoms with Crippen LogP contribution in [0.3, 0.4) is 0 Å². The molecular weight excluding hydrogens is 300 g/mol. The molecule has 0 atom stereocenters. The predicted molar refractivity (Wildman–Crippen MR) is 94.7 cm³/mol. The molecule has 0 unspecified atom stereocenters. The fourth-order valence-electron chi connectivity index (χ4n) is 2.55. The summed E-state index contributed by atoms with van der Waals surface area (Å²) in [5, 5.41) is 7.43. The van der Waals surface area contributed by atoms with Crippen LogP contribution < -0.4 is 5.32 Å². The molecule has 0 spiro atoms. The molecule has 1 aromatic carbocycles. The molecule has 2 aromatic heterocycles. The van der Waals surface area contributed by atoms with E-state index in [1.165, 1.54) is 0 Å². The largest absolute Gasteiger partial charge is 0.352 e. The summed E-state index contributed by atoms with van der Waals surface area (Å²) in [7, 11) is 0. The lowest BCUT2D eigenvalue weighted by Gasteiger charge is -2.11. The second kappa shape index (κ2) is 7.17. The SMILES string of the molecule is CC(C)CCNC(=O)c1cnn(-c2ccccc2)c1-n1cccc1. The van der Waals surface area contributed by atoms with Crippen molar-refractivity contribution in [2.24, 2.45) is 5.92 Å². The van der Waals surface area contributed by atoms with Gasteiger partial charge in [-0.15, -0.1) is 0 Å². The van der Waals surface area contributed by atoms with Gasteiger partial charge in [0.2, 0.25) is 0 Å². The van der Waals surface area contributed by atoms with Crippen molar-refractivity contribution in [3.63, 3.8) is 0 Å². The Morgan fingerprint density at radius 1 is 1.12 bits per heavy atom.